The van der Waals surface area contributed by atoms with Crippen LogP contribution in [0.2, 0.25) is 0 Å². The van der Waals surface area contributed by atoms with E-state index in [0.717, 1.165) is 31.9 Å². The maximum atomic E-state index is 12.7. The second-order valence-electron chi connectivity index (χ2n) is 7.90. The summed E-state index contributed by atoms with van der Waals surface area (Å²) in [7, 11) is 1.34. The summed E-state index contributed by atoms with van der Waals surface area (Å²) < 4.78 is 11.4. The van der Waals surface area contributed by atoms with Gasteiger partial charge in [0.25, 0.3) is 0 Å². The number of ether oxygens (including phenoxy) is 2. The first-order valence-corrected chi connectivity index (χ1v) is 10.0. The van der Waals surface area contributed by atoms with Crippen molar-refractivity contribution in [1.29, 1.82) is 0 Å². The fraction of sp³-hybridized carbons (Fsp3) is 0.250. The van der Waals surface area contributed by atoms with Crippen molar-refractivity contribution in [2.24, 2.45) is 0 Å². The molecule has 3 rings (SSSR count). The van der Waals surface area contributed by atoms with Crippen LogP contribution in [0.15, 0.2) is 53.0 Å². The van der Waals surface area contributed by atoms with E-state index in [-0.39, 0.29) is 5.41 Å². The van der Waals surface area contributed by atoms with Gasteiger partial charge in [-0.05, 0) is 46.2 Å². The Morgan fingerprint density at radius 2 is 1.59 bits per heavy atom. The van der Waals surface area contributed by atoms with Crippen molar-refractivity contribution in [1.82, 2.24) is 0 Å². The van der Waals surface area contributed by atoms with Crippen molar-refractivity contribution in [2.75, 3.05) is 7.11 Å². The smallest absolute Gasteiger partial charge is 0.338 e. The molecule has 3 aromatic rings. The fourth-order valence-electron chi connectivity index (χ4n) is 3.30. The van der Waals surface area contributed by atoms with Gasteiger partial charge in [0.2, 0.25) is 0 Å². The van der Waals surface area contributed by atoms with Gasteiger partial charge in [-0.1, -0.05) is 61.0 Å². The minimum atomic E-state index is -0.487. The van der Waals surface area contributed by atoms with E-state index >= 15 is 0 Å². The Morgan fingerprint density at radius 1 is 0.931 bits per heavy atom. The summed E-state index contributed by atoms with van der Waals surface area (Å²) in [6, 6.07) is 15.4. The minimum Gasteiger partial charge on any atom is -0.465 e. The molecule has 0 atom stereocenters. The van der Waals surface area contributed by atoms with E-state index in [4.69, 9.17) is 9.47 Å². The highest BCUT2D eigenvalue weighted by Crippen LogP contribution is 2.40. The van der Waals surface area contributed by atoms with Crippen LogP contribution in [0.4, 0.5) is 0 Å². The predicted molar refractivity (Wildman–Crippen MR) is 118 cm³/mol. The number of halogens is 1. The molecule has 3 aromatic carbocycles. The Morgan fingerprint density at radius 3 is 2.14 bits per heavy atom. The normalized spacial score (nSPS) is 11.4. The molecule has 0 unspecified atom stereocenters. The Bertz CT molecular complexity index is 1090. The van der Waals surface area contributed by atoms with E-state index in [1.807, 2.05) is 36.4 Å². The second kappa shape index (κ2) is 7.99. The first-order valence-electron chi connectivity index (χ1n) is 9.25. The first kappa shape index (κ1) is 21.1. The van der Waals surface area contributed by atoms with E-state index in [1.165, 1.54) is 14.0 Å². The molecule has 0 heterocycles. The molecule has 0 bridgehead atoms. The zero-order valence-corrected chi connectivity index (χ0v) is 18.7. The molecular formula is C24H23BrO4. The fourth-order valence-corrected chi connectivity index (χ4v) is 3.56. The summed E-state index contributed by atoms with van der Waals surface area (Å²) in [5, 5.41) is 1.60. The Hall–Kier alpha value is -2.66. The summed E-state index contributed by atoms with van der Waals surface area (Å²) in [6.45, 7) is 7.73. The summed E-state index contributed by atoms with van der Waals surface area (Å²) >= 11 is 3.46. The monoisotopic (exact) mass is 454 g/mol. The standard InChI is InChI=1S/C24H23BrO4/c1-14(26)29-21-13-20(23(27)28-5)22(15-6-9-17(25)10-7-15)19-12-16(24(2,3)4)8-11-18(19)21/h6-13H,1-5H3. The van der Waals surface area contributed by atoms with Crippen molar-refractivity contribution in [3.63, 3.8) is 0 Å². The molecule has 0 saturated carbocycles. The number of rotatable bonds is 3. The van der Waals surface area contributed by atoms with Gasteiger partial charge in [-0.2, -0.15) is 0 Å². The van der Waals surface area contributed by atoms with Crippen LogP contribution in [0.25, 0.3) is 21.9 Å². The number of methoxy groups -OCH3 is 1. The molecule has 0 spiro atoms. The van der Waals surface area contributed by atoms with Gasteiger partial charge in [0.05, 0.1) is 12.7 Å². The van der Waals surface area contributed by atoms with Crippen LogP contribution in [0.3, 0.4) is 0 Å². The molecule has 0 aliphatic carbocycles. The van der Waals surface area contributed by atoms with E-state index < -0.39 is 11.9 Å². The van der Waals surface area contributed by atoms with E-state index in [1.54, 1.807) is 6.07 Å². The number of carbonyl (C=O) groups excluding carboxylic acids is 2. The molecule has 0 aliphatic heterocycles. The average molecular weight is 455 g/mol. The average Bonchev–Trinajstić information content (AvgIpc) is 2.66. The maximum absolute atomic E-state index is 12.7. The van der Waals surface area contributed by atoms with Crippen molar-refractivity contribution < 1.29 is 19.1 Å². The first-order chi connectivity index (χ1) is 13.6. The lowest BCUT2D eigenvalue weighted by atomic mass is 9.83. The van der Waals surface area contributed by atoms with Gasteiger partial charge in [-0.3, -0.25) is 4.79 Å². The lowest BCUT2D eigenvalue weighted by molar-refractivity contribution is -0.131. The van der Waals surface area contributed by atoms with Gasteiger partial charge >= 0.3 is 11.9 Å². The Kier molecular flexibility index (Phi) is 5.80. The number of carbonyl (C=O) groups is 2. The van der Waals surface area contributed by atoms with Crippen LogP contribution in [-0.4, -0.2) is 19.0 Å². The van der Waals surface area contributed by atoms with Gasteiger partial charge in [0.1, 0.15) is 5.75 Å². The third-order valence-corrected chi connectivity index (χ3v) is 5.29. The zero-order valence-electron chi connectivity index (χ0n) is 17.1. The molecular weight excluding hydrogens is 432 g/mol. The number of fused-ring (bicyclic) bond motifs is 1. The predicted octanol–water partition coefficient (Wildman–Crippen LogP) is 6.28. The van der Waals surface area contributed by atoms with Crippen LogP contribution < -0.4 is 4.74 Å². The highest BCUT2D eigenvalue weighted by molar-refractivity contribution is 9.10. The highest BCUT2D eigenvalue weighted by Gasteiger charge is 2.23. The van der Waals surface area contributed by atoms with Crippen molar-refractivity contribution in [3.8, 4) is 16.9 Å². The lowest BCUT2D eigenvalue weighted by Gasteiger charge is -2.22. The zero-order chi connectivity index (χ0) is 21.3. The molecule has 0 radical (unpaired) electrons. The van der Waals surface area contributed by atoms with Gasteiger partial charge in [-0.25, -0.2) is 4.79 Å². The van der Waals surface area contributed by atoms with Gasteiger partial charge in [0, 0.05) is 22.3 Å². The Balaban J connectivity index is 2.47. The van der Waals surface area contributed by atoms with Crippen molar-refractivity contribution in [3.05, 3.63) is 64.1 Å². The van der Waals surface area contributed by atoms with Crippen LogP contribution in [0, 0.1) is 0 Å². The highest BCUT2D eigenvalue weighted by atomic mass is 79.9. The molecule has 0 amide bonds. The van der Waals surface area contributed by atoms with Crippen molar-refractivity contribution >= 4 is 38.6 Å². The Labute approximate surface area is 179 Å². The summed E-state index contributed by atoms with van der Waals surface area (Å²) in [5.74, 6) is -0.591. The largest absolute Gasteiger partial charge is 0.465 e. The summed E-state index contributed by atoms with van der Waals surface area (Å²) in [5.41, 5.74) is 3.00. The molecule has 0 fully saturated rings. The van der Waals surface area contributed by atoms with Crippen LogP contribution in [0.1, 0.15) is 43.6 Å². The maximum Gasteiger partial charge on any atom is 0.338 e. The molecule has 0 aromatic heterocycles. The molecule has 0 N–H and O–H groups in total. The number of esters is 2. The molecule has 4 nitrogen and oxygen atoms in total. The van der Waals surface area contributed by atoms with E-state index in [9.17, 15) is 9.59 Å². The third kappa shape index (κ3) is 4.35. The molecule has 150 valence electrons. The van der Waals surface area contributed by atoms with Gasteiger partial charge in [-0.15, -0.1) is 0 Å². The minimum absolute atomic E-state index is 0.0892. The molecule has 5 heteroatoms. The van der Waals surface area contributed by atoms with E-state index in [0.29, 0.717) is 11.3 Å². The second-order valence-corrected chi connectivity index (χ2v) is 8.82. The summed E-state index contributed by atoms with van der Waals surface area (Å²) in [4.78, 5) is 24.3. The van der Waals surface area contributed by atoms with Crippen LogP contribution in [-0.2, 0) is 14.9 Å². The van der Waals surface area contributed by atoms with Crippen LogP contribution >= 0.6 is 15.9 Å². The molecule has 0 aliphatic rings. The quantitative estimate of drug-likeness (QED) is 0.345. The number of hydrogen-bond donors (Lipinski definition) is 0. The number of hydrogen-bond acceptors (Lipinski definition) is 4. The molecule has 0 saturated heterocycles. The molecule has 29 heavy (non-hydrogen) atoms. The van der Waals surface area contributed by atoms with Gasteiger partial charge < -0.3 is 9.47 Å². The third-order valence-electron chi connectivity index (χ3n) is 4.76. The van der Waals surface area contributed by atoms with Crippen molar-refractivity contribution in [2.45, 2.75) is 33.1 Å². The van der Waals surface area contributed by atoms with Gasteiger partial charge in [0.15, 0.2) is 0 Å². The summed E-state index contributed by atoms with van der Waals surface area (Å²) in [6.07, 6.45) is 0. The SMILES string of the molecule is COC(=O)c1cc(OC(C)=O)c2ccc(C(C)(C)C)cc2c1-c1ccc(Br)cc1. The lowest BCUT2D eigenvalue weighted by Crippen LogP contribution is -2.12. The van der Waals surface area contributed by atoms with Crippen LogP contribution in [0.5, 0.6) is 5.75 Å². The van der Waals surface area contributed by atoms with E-state index in [2.05, 4.69) is 42.8 Å². The topological polar surface area (TPSA) is 52.6 Å². The number of benzene rings is 3.